The predicted molar refractivity (Wildman–Crippen MR) is 60.3 cm³/mol. The van der Waals surface area contributed by atoms with E-state index in [1.165, 1.54) is 0 Å². The molecule has 0 unspecified atom stereocenters. The first-order valence-electron chi connectivity index (χ1n) is 5.34. The maximum atomic E-state index is 11.7. The summed E-state index contributed by atoms with van der Waals surface area (Å²) in [5.74, 6) is 0.107. The highest BCUT2D eigenvalue weighted by Crippen LogP contribution is 2.23. The molecule has 88 valence electrons. The van der Waals surface area contributed by atoms with Crippen molar-refractivity contribution in [2.75, 3.05) is 6.54 Å². The summed E-state index contributed by atoms with van der Waals surface area (Å²) in [4.78, 5) is 0. The number of sulfonamides is 1. The van der Waals surface area contributed by atoms with Gasteiger partial charge in [0.1, 0.15) is 0 Å². The maximum absolute atomic E-state index is 11.7. The lowest BCUT2D eigenvalue weighted by Gasteiger charge is -2.11. The first kappa shape index (κ1) is 12.4. The molecule has 0 aromatic rings. The van der Waals surface area contributed by atoms with Crippen molar-refractivity contribution in [1.29, 1.82) is 5.41 Å². The molecule has 0 aromatic carbocycles. The van der Waals surface area contributed by atoms with Crippen LogP contribution >= 0.6 is 0 Å². The molecule has 1 fully saturated rings. The summed E-state index contributed by atoms with van der Waals surface area (Å²) in [6, 6.07) is 0. The van der Waals surface area contributed by atoms with Gasteiger partial charge in [-0.25, -0.2) is 13.1 Å². The van der Waals surface area contributed by atoms with E-state index < -0.39 is 10.0 Å². The molecule has 0 radical (unpaired) electrons. The van der Waals surface area contributed by atoms with E-state index in [-0.39, 0.29) is 11.1 Å². The van der Waals surface area contributed by atoms with Crippen molar-refractivity contribution in [3.05, 3.63) is 0 Å². The van der Waals surface area contributed by atoms with Crippen molar-refractivity contribution in [3.8, 4) is 0 Å². The number of nitrogens with two attached hydrogens (primary N) is 1. The number of hydrogen-bond donors (Lipinski definition) is 3. The quantitative estimate of drug-likeness (QED) is 0.355. The Hall–Kier alpha value is -0.620. The SMILES string of the molecule is N=C(N)CCCNS(=O)(=O)C1CCCC1. The molecule has 1 aliphatic rings. The lowest BCUT2D eigenvalue weighted by atomic mass is 10.3. The number of rotatable bonds is 6. The second-order valence-electron chi connectivity index (χ2n) is 3.97. The highest BCUT2D eigenvalue weighted by molar-refractivity contribution is 7.90. The van der Waals surface area contributed by atoms with Crippen LogP contribution in [0.2, 0.25) is 0 Å². The highest BCUT2D eigenvalue weighted by Gasteiger charge is 2.27. The Morgan fingerprint density at radius 1 is 1.40 bits per heavy atom. The van der Waals surface area contributed by atoms with Crippen molar-refractivity contribution < 1.29 is 8.42 Å². The van der Waals surface area contributed by atoms with Crippen molar-refractivity contribution in [2.24, 2.45) is 5.73 Å². The number of hydrogen-bond acceptors (Lipinski definition) is 3. The monoisotopic (exact) mass is 233 g/mol. The van der Waals surface area contributed by atoms with Gasteiger partial charge in [0.05, 0.1) is 11.1 Å². The Labute approximate surface area is 91.0 Å². The standard InChI is InChI=1S/C9H19N3O2S/c10-9(11)6-3-7-12-15(13,14)8-4-1-2-5-8/h8,12H,1-7H2,(H3,10,11). The molecule has 0 aliphatic heterocycles. The van der Waals surface area contributed by atoms with Crippen molar-refractivity contribution in [3.63, 3.8) is 0 Å². The van der Waals surface area contributed by atoms with E-state index in [1.807, 2.05) is 0 Å². The minimum Gasteiger partial charge on any atom is -0.388 e. The van der Waals surface area contributed by atoms with Crippen LogP contribution in [0, 0.1) is 5.41 Å². The molecule has 15 heavy (non-hydrogen) atoms. The summed E-state index contributed by atoms with van der Waals surface area (Å²) >= 11 is 0. The smallest absolute Gasteiger partial charge is 0.214 e. The van der Waals surface area contributed by atoms with Gasteiger partial charge in [0, 0.05) is 13.0 Å². The van der Waals surface area contributed by atoms with Crippen LogP contribution in [0.15, 0.2) is 0 Å². The molecule has 1 rings (SSSR count). The van der Waals surface area contributed by atoms with Gasteiger partial charge in [0.2, 0.25) is 10.0 Å². The Morgan fingerprint density at radius 2 is 2.00 bits per heavy atom. The van der Waals surface area contributed by atoms with Crippen LogP contribution in [0.25, 0.3) is 0 Å². The molecule has 0 amide bonds. The van der Waals surface area contributed by atoms with Crippen molar-refractivity contribution in [1.82, 2.24) is 4.72 Å². The van der Waals surface area contributed by atoms with E-state index in [4.69, 9.17) is 11.1 Å². The summed E-state index contributed by atoms with van der Waals surface area (Å²) in [7, 11) is -3.12. The summed E-state index contributed by atoms with van der Waals surface area (Å²) in [5.41, 5.74) is 5.17. The van der Waals surface area contributed by atoms with Crippen LogP contribution in [-0.4, -0.2) is 26.0 Å². The fourth-order valence-electron chi connectivity index (χ4n) is 1.81. The molecular formula is C9H19N3O2S. The van der Waals surface area contributed by atoms with E-state index in [1.54, 1.807) is 0 Å². The van der Waals surface area contributed by atoms with Crippen LogP contribution < -0.4 is 10.5 Å². The minimum absolute atomic E-state index is 0.107. The van der Waals surface area contributed by atoms with Gasteiger partial charge in [-0.3, -0.25) is 5.41 Å². The topological polar surface area (TPSA) is 96.0 Å². The van der Waals surface area contributed by atoms with Crippen LogP contribution in [0.5, 0.6) is 0 Å². The molecule has 1 saturated carbocycles. The van der Waals surface area contributed by atoms with Gasteiger partial charge in [-0.15, -0.1) is 0 Å². The predicted octanol–water partition coefficient (Wildman–Crippen LogP) is 0.565. The first-order chi connectivity index (χ1) is 7.02. The van der Waals surface area contributed by atoms with E-state index in [0.717, 1.165) is 25.7 Å². The molecule has 6 heteroatoms. The normalized spacial score (nSPS) is 18.1. The zero-order valence-electron chi connectivity index (χ0n) is 8.83. The number of amidine groups is 1. The molecule has 1 aliphatic carbocycles. The van der Waals surface area contributed by atoms with Crippen LogP contribution in [0.1, 0.15) is 38.5 Å². The van der Waals surface area contributed by atoms with Gasteiger partial charge in [-0.2, -0.15) is 0 Å². The summed E-state index contributed by atoms with van der Waals surface area (Å²) in [5, 5.41) is 6.80. The Bertz CT molecular complexity index is 307. The molecule has 0 bridgehead atoms. The van der Waals surface area contributed by atoms with Gasteiger partial charge < -0.3 is 5.73 Å². The van der Waals surface area contributed by atoms with Gasteiger partial charge >= 0.3 is 0 Å². The van der Waals surface area contributed by atoms with E-state index in [2.05, 4.69) is 4.72 Å². The van der Waals surface area contributed by atoms with E-state index in [0.29, 0.717) is 19.4 Å². The molecule has 5 nitrogen and oxygen atoms in total. The Kier molecular flexibility index (Phi) is 4.53. The molecule has 0 spiro atoms. The zero-order valence-corrected chi connectivity index (χ0v) is 9.65. The van der Waals surface area contributed by atoms with Gasteiger partial charge in [0.25, 0.3) is 0 Å². The van der Waals surface area contributed by atoms with Gasteiger partial charge in [0.15, 0.2) is 0 Å². The Morgan fingerprint density at radius 3 is 2.53 bits per heavy atom. The maximum Gasteiger partial charge on any atom is 0.214 e. The molecule has 0 atom stereocenters. The van der Waals surface area contributed by atoms with Crippen LogP contribution in [0.4, 0.5) is 0 Å². The van der Waals surface area contributed by atoms with E-state index in [9.17, 15) is 8.42 Å². The lowest BCUT2D eigenvalue weighted by Crippen LogP contribution is -2.33. The second kappa shape index (κ2) is 5.46. The third-order valence-corrected chi connectivity index (χ3v) is 4.62. The average Bonchev–Trinajstić information content (AvgIpc) is 2.65. The van der Waals surface area contributed by atoms with Crippen molar-refractivity contribution >= 4 is 15.9 Å². The van der Waals surface area contributed by atoms with Gasteiger partial charge in [-0.05, 0) is 19.3 Å². The minimum atomic E-state index is -3.12. The highest BCUT2D eigenvalue weighted by atomic mass is 32.2. The Balaban J connectivity index is 2.27. The third-order valence-electron chi connectivity index (χ3n) is 2.67. The second-order valence-corrected chi connectivity index (χ2v) is 6.02. The molecule has 0 heterocycles. The zero-order chi connectivity index (χ0) is 11.3. The lowest BCUT2D eigenvalue weighted by molar-refractivity contribution is 0.563. The van der Waals surface area contributed by atoms with Crippen LogP contribution in [-0.2, 0) is 10.0 Å². The molecule has 0 saturated heterocycles. The largest absolute Gasteiger partial charge is 0.388 e. The van der Waals surface area contributed by atoms with E-state index >= 15 is 0 Å². The number of nitrogens with one attached hydrogen (secondary N) is 2. The fraction of sp³-hybridized carbons (Fsp3) is 0.889. The first-order valence-corrected chi connectivity index (χ1v) is 6.88. The van der Waals surface area contributed by atoms with Gasteiger partial charge in [-0.1, -0.05) is 12.8 Å². The average molecular weight is 233 g/mol. The molecule has 4 N–H and O–H groups in total. The summed E-state index contributed by atoms with van der Waals surface area (Å²) in [6.07, 6.45) is 4.64. The van der Waals surface area contributed by atoms with Crippen molar-refractivity contribution in [2.45, 2.75) is 43.8 Å². The molecule has 0 aromatic heterocycles. The summed E-state index contributed by atoms with van der Waals surface area (Å²) in [6.45, 7) is 0.387. The third kappa shape index (κ3) is 4.17. The summed E-state index contributed by atoms with van der Waals surface area (Å²) < 4.78 is 25.9. The molecular weight excluding hydrogens is 214 g/mol. The van der Waals surface area contributed by atoms with Crippen LogP contribution in [0.3, 0.4) is 0 Å². The fourth-order valence-corrected chi connectivity index (χ4v) is 3.43.